The van der Waals surface area contributed by atoms with E-state index in [0.29, 0.717) is 0 Å². The third kappa shape index (κ3) is 2.47. The fourth-order valence-corrected chi connectivity index (χ4v) is 2.16. The molecule has 0 unspecified atom stereocenters. The number of aromatic nitrogens is 1. The average molecular weight is 227 g/mol. The molecule has 2 heteroatoms. The summed E-state index contributed by atoms with van der Waals surface area (Å²) >= 11 is 0. The molecular weight excluding hydrogens is 208 g/mol. The molecular formula is C15H19N2+. The maximum atomic E-state index is 3.27. The van der Waals surface area contributed by atoms with Crippen molar-refractivity contribution in [2.75, 3.05) is 12.4 Å². The van der Waals surface area contributed by atoms with Crippen molar-refractivity contribution >= 4 is 5.69 Å². The van der Waals surface area contributed by atoms with Gasteiger partial charge in [-0.2, -0.15) is 4.57 Å². The first-order valence-corrected chi connectivity index (χ1v) is 5.93. The van der Waals surface area contributed by atoms with E-state index in [4.69, 9.17) is 0 Å². The second-order valence-electron chi connectivity index (χ2n) is 4.32. The van der Waals surface area contributed by atoms with Crippen molar-refractivity contribution in [3.8, 4) is 0 Å². The molecule has 17 heavy (non-hydrogen) atoms. The van der Waals surface area contributed by atoms with Gasteiger partial charge in [0.15, 0.2) is 12.7 Å². The summed E-state index contributed by atoms with van der Waals surface area (Å²) < 4.78 is 2.27. The number of hydrogen-bond donors (Lipinski definition) is 1. The van der Waals surface area contributed by atoms with Crippen LogP contribution in [0.3, 0.4) is 0 Å². The van der Waals surface area contributed by atoms with Crippen LogP contribution in [0.1, 0.15) is 16.8 Å². The Morgan fingerprint density at radius 2 is 1.76 bits per heavy atom. The fraction of sp³-hybridized carbons (Fsp3) is 0.267. The zero-order valence-electron chi connectivity index (χ0n) is 10.7. The van der Waals surface area contributed by atoms with Gasteiger partial charge in [0, 0.05) is 25.6 Å². The molecule has 0 spiro atoms. The number of nitrogens with zero attached hydrogens (tertiary/aromatic N) is 1. The Kier molecular flexibility index (Phi) is 3.43. The van der Waals surface area contributed by atoms with Crippen LogP contribution in [0.25, 0.3) is 0 Å². The number of hydrogen-bond acceptors (Lipinski definition) is 1. The quantitative estimate of drug-likeness (QED) is 0.797. The van der Waals surface area contributed by atoms with Gasteiger partial charge in [-0.05, 0) is 12.5 Å². The largest absolute Gasteiger partial charge is 0.383 e. The van der Waals surface area contributed by atoms with Crippen LogP contribution in [-0.4, -0.2) is 7.05 Å². The summed E-state index contributed by atoms with van der Waals surface area (Å²) in [6.07, 6.45) is 2.15. The fourth-order valence-electron chi connectivity index (χ4n) is 2.16. The molecule has 0 aliphatic rings. The minimum absolute atomic E-state index is 0.918. The van der Waals surface area contributed by atoms with E-state index >= 15 is 0 Å². The third-order valence-corrected chi connectivity index (χ3v) is 3.14. The molecule has 0 radical (unpaired) electrons. The second-order valence-corrected chi connectivity index (χ2v) is 4.32. The van der Waals surface area contributed by atoms with Crippen LogP contribution >= 0.6 is 0 Å². The molecule has 0 aliphatic heterocycles. The lowest BCUT2D eigenvalue weighted by Gasteiger charge is -2.08. The van der Waals surface area contributed by atoms with E-state index in [0.717, 1.165) is 6.54 Å². The molecule has 88 valence electrons. The minimum Gasteiger partial charge on any atom is -0.383 e. The normalized spacial score (nSPS) is 10.3. The van der Waals surface area contributed by atoms with Crippen LogP contribution in [0.15, 0.2) is 42.6 Å². The van der Waals surface area contributed by atoms with Gasteiger partial charge >= 0.3 is 0 Å². The number of aryl methyl sites for hydroxylation is 1. The molecule has 0 aliphatic carbocycles. The number of rotatable bonds is 3. The molecule has 1 heterocycles. The molecule has 0 amide bonds. The molecule has 0 fully saturated rings. The monoisotopic (exact) mass is 227 g/mol. The number of benzene rings is 1. The lowest BCUT2D eigenvalue weighted by Crippen LogP contribution is -2.38. The van der Waals surface area contributed by atoms with Crippen molar-refractivity contribution in [1.82, 2.24) is 0 Å². The highest BCUT2D eigenvalue weighted by Gasteiger charge is 2.13. The smallest absolute Gasteiger partial charge is 0.202 e. The van der Waals surface area contributed by atoms with Gasteiger partial charge in [-0.1, -0.05) is 30.3 Å². The average Bonchev–Trinajstić information content (AvgIpc) is 2.35. The van der Waals surface area contributed by atoms with Crippen LogP contribution in [-0.2, 0) is 6.54 Å². The molecule has 2 aromatic rings. The first-order chi connectivity index (χ1) is 8.22. The Morgan fingerprint density at radius 1 is 1.06 bits per heavy atom. The molecule has 2 rings (SSSR count). The molecule has 0 bridgehead atoms. The number of pyridine rings is 1. The van der Waals surface area contributed by atoms with E-state index in [9.17, 15) is 0 Å². The van der Waals surface area contributed by atoms with Crippen molar-refractivity contribution in [2.24, 2.45) is 0 Å². The third-order valence-electron chi connectivity index (χ3n) is 3.14. The van der Waals surface area contributed by atoms with Crippen molar-refractivity contribution < 1.29 is 4.57 Å². The van der Waals surface area contributed by atoms with Gasteiger partial charge in [0.1, 0.15) is 5.69 Å². The first-order valence-electron chi connectivity index (χ1n) is 5.93. The van der Waals surface area contributed by atoms with Gasteiger partial charge in [0.05, 0.1) is 0 Å². The van der Waals surface area contributed by atoms with Crippen molar-refractivity contribution in [3.05, 3.63) is 59.4 Å². The minimum atomic E-state index is 0.918. The number of nitrogens with one attached hydrogen (secondary N) is 1. The van der Waals surface area contributed by atoms with E-state index in [2.05, 4.69) is 66.3 Å². The highest BCUT2D eigenvalue weighted by Crippen LogP contribution is 2.15. The van der Waals surface area contributed by atoms with Crippen LogP contribution in [0.5, 0.6) is 0 Å². The van der Waals surface area contributed by atoms with E-state index in [1.54, 1.807) is 0 Å². The predicted molar refractivity (Wildman–Crippen MR) is 71.2 cm³/mol. The van der Waals surface area contributed by atoms with Crippen LogP contribution in [0.4, 0.5) is 5.69 Å². The van der Waals surface area contributed by atoms with E-state index in [1.165, 1.54) is 22.5 Å². The van der Waals surface area contributed by atoms with E-state index in [-0.39, 0.29) is 0 Å². The van der Waals surface area contributed by atoms with Crippen molar-refractivity contribution in [3.63, 3.8) is 0 Å². The second kappa shape index (κ2) is 5.00. The topological polar surface area (TPSA) is 15.9 Å². The zero-order valence-corrected chi connectivity index (χ0v) is 10.7. The summed E-state index contributed by atoms with van der Waals surface area (Å²) in [5.41, 5.74) is 5.11. The molecule has 2 nitrogen and oxygen atoms in total. The molecule has 0 saturated carbocycles. The van der Waals surface area contributed by atoms with E-state index in [1.807, 2.05) is 7.05 Å². The van der Waals surface area contributed by atoms with Crippen LogP contribution in [0.2, 0.25) is 0 Å². The van der Waals surface area contributed by atoms with Gasteiger partial charge in [-0.25, -0.2) is 0 Å². The maximum absolute atomic E-state index is 3.27. The molecule has 1 aromatic heterocycles. The first kappa shape index (κ1) is 11.6. The van der Waals surface area contributed by atoms with Crippen molar-refractivity contribution in [1.29, 1.82) is 0 Å². The predicted octanol–water partition coefficient (Wildman–Crippen LogP) is 2.68. The van der Waals surface area contributed by atoms with Crippen LogP contribution < -0.4 is 9.88 Å². The molecule has 0 atom stereocenters. The summed E-state index contributed by atoms with van der Waals surface area (Å²) in [5, 5.41) is 3.27. The lowest BCUT2D eigenvalue weighted by molar-refractivity contribution is -0.693. The summed E-state index contributed by atoms with van der Waals surface area (Å²) in [5.74, 6) is 0. The summed E-state index contributed by atoms with van der Waals surface area (Å²) in [4.78, 5) is 0. The standard InChI is InChI=1S/C15H19N2/c1-12-9-10-17(13(2)15(12)16-3)11-14-7-5-4-6-8-14/h4-10,16H,11H2,1-3H3/q+1. The maximum Gasteiger partial charge on any atom is 0.202 e. The van der Waals surface area contributed by atoms with Gasteiger partial charge in [0.25, 0.3) is 0 Å². The Balaban J connectivity index is 2.34. The Bertz CT molecular complexity index is 504. The highest BCUT2D eigenvalue weighted by molar-refractivity contribution is 5.51. The molecule has 1 N–H and O–H groups in total. The van der Waals surface area contributed by atoms with Crippen molar-refractivity contribution in [2.45, 2.75) is 20.4 Å². The summed E-state index contributed by atoms with van der Waals surface area (Å²) in [6.45, 7) is 5.20. The molecule has 1 aromatic carbocycles. The molecule has 0 saturated heterocycles. The summed E-state index contributed by atoms with van der Waals surface area (Å²) in [6, 6.07) is 12.7. The lowest BCUT2D eigenvalue weighted by atomic mass is 10.1. The van der Waals surface area contributed by atoms with Gasteiger partial charge in [0.2, 0.25) is 5.69 Å². The van der Waals surface area contributed by atoms with Crippen LogP contribution in [0, 0.1) is 13.8 Å². The zero-order chi connectivity index (χ0) is 12.3. The Morgan fingerprint density at radius 3 is 2.41 bits per heavy atom. The van der Waals surface area contributed by atoms with E-state index < -0.39 is 0 Å². The summed E-state index contributed by atoms with van der Waals surface area (Å²) in [7, 11) is 1.97. The number of anilines is 1. The Hall–Kier alpha value is -1.83. The highest BCUT2D eigenvalue weighted by atomic mass is 15.0. The van der Waals surface area contributed by atoms with Gasteiger partial charge in [-0.3, -0.25) is 0 Å². The van der Waals surface area contributed by atoms with Gasteiger partial charge in [-0.15, -0.1) is 0 Å². The SMILES string of the molecule is CNc1c(C)cc[n+](Cc2ccccc2)c1C. The van der Waals surface area contributed by atoms with Gasteiger partial charge < -0.3 is 5.32 Å². The Labute approximate surface area is 103 Å².